The zero-order valence-corrected chi connectivity index (χ0v) is 17.9. The molecule has 0 aromatic heterocycles. The molecule has 168 valence electrons. The van der Waals surface area contributed by atoms with Gasteiger partial charge in [-0.1, -0.05) is 48.5 Å². The highest BCUT2D eigenvalue weighted by atomic mass is 16.6. The molecule has 3 aromatic rings. The zero-order chi connectivity index (χ0) is 23.0. The van der Waals surface area contributed by atoms with Gasteiger partial charge in [0.15, 0.2) is 17.3 Å². The molecule has 0 radical (unpaired) electrons. The average molecular weight is 445 g/mol. The topological polar surface area (TPSA) is 90.9 Å². The second-order valence-electron chi connectivity index (χ2n) is 7.42. The van der Waals surface area contributed by atoms with Crippen molar-refractivity contribution < 1.29 is 28.6 Å². The molecule has 1 amide bonds. The van der Waals surface area contributed by atoms with Crippen LogP contribution in [0.3, 0.4) is 0 Å². The van der Waals surface area contributed by atoms with Crippen molar-refractivity contribution in [1.82, 2.24) is 0 Å². The van der Waals surface area contributed by atoms with E-state index >= 15 is 0 Å². The second-order valence-corrected chi connectivity index (χ2v) is 7.42. The second kappa shape index (κ2) is 10.5. The van der Waals surface area contributed by atoms with Crippen LogP contribution in [0.25, 0.3) is 0 Å². The number of hydrogen-bond acceptors (Lipinski definition) is 6. The van der Waals surface area contributed by atoms with Crippen molar-refractivity contribution in [1.29, 1.82) is 0 Å². The number of para-hydroxylation sites is 1. The summed E-state index contributed by atoms with van der Waals surface area (Å²) in [5.74, 6) is -0.241. The van der Waals surface area contributed by atoms with Crippen molar-refractivity contribution in [3.63, 3.8) is 0 Å². The Kier molecular flexibility index (Phi) is 6.99. The van der Waals surface area contributed by atoms with E-state index in [-0.39, 0.29) is 18.6 Å². The number of Topliss-reactive ketones (excluding diaryl/α,β-unsaturated/α-hetero) is 1. The summed E-state index contributed by atoms with van der Waals surface area (Å²) >= 11 is 0. The smallest absolute Gasteiger partial charge is 0.307 e. The van der Waals surface area contributed by atoms with Crippen molar-refractivity contribution in [2.75, 3.05) is 18.5 Å². The van der Waals surface area contributed by atoms with E-state index in [4.69, 9.17) is 14.2 Å². The Labute approximate surface area is 191 Å². The van der Waals surface area contributed by atoms with E-state index in [0.717, 1.165) is 0 Å². The summed E-state index contributed by atoms with van der Waals surface area (Å²) in [5, 5.41) is 2.76. The van der Waals surface area contributed by atoms with Gasteiger partial charge in [-0.3, -0.25) is 14.4 Å². The van der Waals surface area contributed by atoms with Gasteiger partial charge in [0.1, 0.15) is 13.2 Å². The molecule has 0 aliphatic carbocycles. The summed E-state index contributed by atoms with van der Waals surface area (Å²) in [4.78, 5) is 38.0. The van der Waals surface area contributed by atoms with Gasteiger partial charge in [0.25, 0.3) is 5.91 Å². The lowest BCUT2D eigenvalue weighted by molar-refractivity contribution is -0.154. The molecule has 0 saturated carbocycles. The van der Waals surface area contributed by atoms with E-state index < -0.39 is 18.0 Å². The summed E-state index contributed by atoms with van der Waals surface area (Å²) in [6.07, 6.45) is -1.35. The molecule has 3 aromatic carbocycles. The zero-order valence-electron chi connectivity index (χ0n) is 17.9. The third-order valence-electron chi connectivity index (χ3n) is 5.05. The Morgan fingerprint density at radius 3 is 2.21 bits per heavy atom. The molecule has 0 spiro atoms. The van der Waals surface area contributed by atoms with Gasteiger partial charge in [-0.05, 0) is 30.3 Å². The highest BCUT2D eigenvalue weighted by Gasteiger charge is 2.25. The Morgan fingerprint density at radius 1 is 0.818 bits per heavy atom. The molecule has 1 atom stereocenters. The number of carbonyl (C=O) groups is 3. The average Bonchev–Trinajstić information content (AvgIpc) is 2.86. The number of ether oxygens (including phenoxy) is 3. The van der Waals surface area contributed by atoms with Crippen LogP contribution in [0.5, 0.6) is 11.5 Å². The molecule has 0 saturated heterocycles. The number of esters is 1. The van der Waals surface area contributed by atoms with Gasteiger partial charge >= 0.3 is 5.97 Å². The highest BCUT2D eigenvalue weighted by molar-refractivity contribution is 5.99. The largest absolute Gasteiger partial charge is 0.486 e. The van der Waals surface area contributed by atoms with Gasteiger partial charge in [0.2, 0.25) is 6.10 Å². The van der Waals surface area contributed by atoms with Crippen molar-refractivity contribution >= 4 is 23.3 Å². The van der Waals surface area contributed by atoms with E-state index in [1.807, 2.05) is 12.1 Å². The normalized spacial score (nSPS) is 13.0. The van der Waals surface area contributed by atoms with Crippen molar-refractivity contribution in [2.24, 2.45) is 0 Å². The van der Waals surface area contributed by atoms with Crippen LogP contribution in [0.15, 0.2) is 78.9 Å². The van der Waals surface area contributed by atoms with Crippen molar-refractivity contribution in [3.05, 3.63) is 90.0 Å². The number of amides is 1. The predicted octanol–water partition coefficient (Wildman–Crippen LogP) is 4.34. The Bertz CT molecular complexity index is 1130. The van der Waals surface area contributed by atoms with Crippen LogP contribution >= 0.6 is 0 Å². The first kappa shape index (κ1) is 22.1. The molecule has 0 fully saturated rings. The maximum atomic E-state index is 12.9. The lowest BCUT2D eigenvalue weighted by atomic mass is 10.1. The minimum Gasteiger partial charge on any atom is -0.486 e. The van der Waals surface area contributed by atoms with E-state index in [1.54, 1.807) is 66.7 Å². The molecule has 1 N–H and O–H groups in total. The molecule has 1 aliphatic rings. The van der Waals surface area contributed by atoms with E-state index in [2.05, 4.69) is 5.32 Å². The van der Waals surface area contributed by atoms with E-state index in [0.29, 0.717) is 41.5 Å². The molecule has 33 heavy (non-hydrogen) atoms. The minimum atomic E-state index is -1.14. The van der Waals surface area contributed by atoms with Crippen molar-refractivity contribution in [3.8, 4) is 11.5 Å². The summed E-state index contributed by atoms with van der Waals surface area (Å²) in [5.41, 5.74) is 1.55. The lowest BCUT2D eigenvalue weighted by Gasteiger charge is -2.19. The third-order valence-corrected chi connectivity index (χ3v) is 5.05. The molecule has 4 rings (SSSR count). The number of carbonyl (C=O) groups excluding carboxylic acids is 3. The van der Waals surface area contributed by atoms with Gasteiger partial charge in [0, 0.05) is 23.2 Å². The van der Waals surface area contributed by atoms with Gasteiger partial charge in [0.05, 0.1) is 6.42 Å². The molecule has 7 nitrogen and oxygen atoms in total. The SMILES string of the molecule is O=C(CCC(=O)c1ccc2c(c1)OCCO2)OC(C(=O)Nc1ccccc1)c1ccccc1. The number of ketones is 1. The minimum absolute atomic E-state index is 0.0553. The molecular weight excluding hydrogens is 422 g/mol. The first-order valence-electron chi connectivity index (χ1n) is 10.6. The number of rotatable bonds is 8. The van der Waals surface area contributed by atoms with Crippen LogP contribution in [0.2, 0.25) is 0 Å². The number of benzene rings is 3. The number of hydrogen-bond donors (Lipinski definition) is 1. The lowest BCUT2D eigenvalue weighted by Crippen LogP contribution is -2.26. The van der Waals surface area contributed by atoms with Crippen LogP contribution in [0, 0.1) is 0 Å². The quantitative estimate of drug-likeness (QED) is 0.410. The Balaban J connectivity index is 1.39. The fraction of sp³-hybridized carbons (Fsp3) is 0.192. The first-order valence-corrected chi connectivity index (χ1v) is 10.6. The van der Waals surface area contributed by atoms with Gasteiger partial charge in [-0.15, -0.1) is 0 Å². The van der Waals surface area contributed by atoms with Crippen molar-refractivity contribution in [2.45, 2.75) is 18.9 Å². The number of anilines is 1. The monoisotopic (exact) mass is 445 g/mol. The van der Waals surface area contributed by atoms with Crippen LogP contribution in [-0.2, 0) is 14.3 Å². The van der Waals surface area contributed by atoms with Gasteiger partial charge in [-0.25, -0.2) is 0 Å². The predicted molar refractivity (Wildman–Crippen MR) is 121 cm³/mol. The summed E-state index contributed by atoms with van der Waals surface area (Å²) in [7, 11) is 0. The number of fused-ring (bicyclic) bond motifs is 1. The third kappa shape index (κ3) is 5.77. The number of nitrogens with one attached hydrogen (secondary N) is 1. The van der Waals surface area contributed by atoms with Gasteiger partial charge in [-0.2, -0.15) is 0 Å². The summed E-state index contributed by atoms with van der Waals surface area (Å²) < 4.78 is 16.5. The highest BCUT2D eigenvalue weighted by Crippen LogP contribution is 2.31. The van der Waals surface area contributed by atoms with Gasteiger partial charge < -0.3 is 19.5 Å². The summed E-state index contributed by atoms with van der Waals surface area (Å²) in [6, 6.07) is 22.6. The maximum Gasteiger partial charge on any atom is 0.307 e. The Morgan fingerprint density at radius 2 is 1.48 bits per heavy atom. The molecule has 1 heterocycles. The van der Waals surface area contributed by atoms with Crippen LogP contribution in [-0.4, -0.2) is 30.9 Å². The van der Waals surface area contributed by atoms with Crippen LogP contribution < -0.4 is 14.8 Å². The molecule has 0 bridgehead atoms. The Hall–Kier alpha value is -4.13. The maximum absolute atomic E-state index is 12.9. The fourth-order valence-electron chi connectivity index (χ4n) is 3.40. The van der Waals surface area contributed by atoms with Crippen LogP contribution in [0.4, 0.5) is 5.69 Å². The molecule has 1 unspecified atom stereocenters. The first-order chi connectivity index (χ1) is 16.1. The van der Waals surface area contributed by atoms with E-state index in [9.17, 15) is 14.4 Å². The standard InChI is InChI=1S/C26H23NO6/c28-21(19-11-13-22-23(17-19)32-16-15-31-22)12-14-24(29)33-25(18-7-3-1-4-8-18)26(30)27-20-9-5-2-6-10-20/h1-11,13,17,25H,12,14-16H2,(H,27,30). The molecule has 1 aliphatic heterocycles. The summed E-state index contributed by atoms with van der Waals surface area (Å²) in [6.45, 7) is 0.884. The fourth-order valence-corrected chi connectivity index (χ4v) is 3.40. The molecular formula is C26H23NO6. The van der Waals surface area contributed by atoms with E-state index in [1.165, 1.54) is 0 Å². The van der Waals surface area contributed by atoms with Crippen LogP contribution in [0.1, 0.15) is 34.9 Å². The molecule has 7 heteroatoms.